The highest BCUT2D eigenvalue weighted by Gasteiger charge is 2.09. The Balaban J connectivity index is 1.95. The molecule has 0 aliphatic carbocycles. The maximum Gasteiger partial charge on any atom is 0.255 e. The fourth-order valence-electron chi connectivity index (χ4n) is 3.12. The number of rotatable bonds is 11. The molecular weight excluding hydrogens is 474 g/mol. The summed E-state index contributed by atoms with van der Waals surface area (Å²) in [4.78, 5) is 33.5. The number of aliphatic imine (C=N–C) groups is 1. The maximum atomic E-state index is 12.6. The molecule has 0 atom stereocenters. The van der Waals surface area contributed by atoms with Gasteiger partial charge in [-0.3, -0.25) is 14.6 Å². The highest BCUT2D eigenvalue weighted by Crippen LogP contribution is 2.17. The fraction of sp³-hybridized carbons (Fsp3) is 0.194. The fourth-order valence-corrected chi connectivity index (χ4v) is 3.12. The average molecular weight is 512 g/mol. The molecule has 198 valence electrons. The highest BCUT2D eigenvalue weighted by molar-refractivity contribution is 6.06. The van der Waals surface area contributed by atoms with Crippen molar-refractivity contribution in [2.45, 2.75) is 13.8 Å². The number of anilines is 3. The lowest BCUT2D eigenvalue weighted by Gasteiger charge is -2.13. The molecule has 0 heterocycles. The van der Waals surface area contributed by atoms with Gasteiger partial charge in [0.1, 0.15) is 0 Å². The summed E-state index contributed by atoms with van der Waals surface area (Å²) in [5.74, 6) is -0.561. The molecule has 2 N–H and O–H groups in total. The second kappa shape index (κ2) is 13.6. The van der Waals surface area contributed by atoms with Crippen LogP contribution < -0.4 is 15.5 Å². The normalized spacial score (nSPS) is 11.6. The summed E-state index contributed by atoms with van der Waals surface area (Å²) >= 11 is 0. The van der Waals surface area contributed by atoms with E-state index in [0.717, 1.165) is 22.7 Å². The lowest BCUT2D eigenvalue weighted by atomic mass is 10.1. The molecule has 2 aromatic carbocycles. The van der Waals surface area contributed by atoms with Crippen LogP contribution in [0.4, 0.5) is 17.1 Å². The Morgan fingerprint density at radius 2 is 1.34 bits per heavy atom. The molecule has 0 radical (unpaired) electrons. The van der Waals surface area contributed by atoms with Gasteiger partial charge in [-0.2, -0.15) is 0 Å². The van der Waals surface area contributed by atoms with E-state index in [1.165, 1.54) is 0 Å². The molecule has 2 rings (SSSR count). The van der Waals surface area contributed by atoms with Gasteiger partial charge in [0, 0.05) is 73.5 Å². The molecule has 0 saturated heterocycles. The number of likely N-dealkylation sites (N-methyl/N-ethyl adjacent to an activating group) is 1. The molecule has 0 aliphatic rings. The second-order valence-electron chi connectivity index (χ2n) is 9.18. The van der Waals surface area contributed by atoms with E-state index < -0.39 is 0 Å². The number of benzene rings is 2. The van der Waals surface area contributed by atoms with Gasteiger partial charge in [0.2, 0.25) is 0 Å². The number of carbonyl (C=O) groups excluding carboxylic acids is 2. The van der Waals surface area contributed by atoms with Crippen molar-refractivity contribution in [1.29, 1.82) is 0 Å². The summed E-state index contributed by atoms with van der Waals surface area (Å²) in [6.07, 6.45) is 5.33. The Bertz CT molecular complexity index is 1290. The van der Waals surface area contributed by atoms with E-state index in [9.17, 15) is 9.59 Å². The largest absolute Gasteiger partial charge is 0.378 e. The van der Waals surface area contributed by atoms with Crippen LogP contribution >= 0.6 is 0 Å². The number of nitrogens with one attached hydrogen (secondary N) is 2. The number of allylic oxidation sites excluding steroid dienone is 4. The smallest absolute Gasteiger partial charge is 0.255 e. The van der Waals surface area contributed by atoms with E-state index in [-0.39, 0.29) is 17.4 Å². The summed E-state index contributed by atoms with van der Waals surface area (Å²) in [7, 11) is 7.72. The number of hydrogen-bond acceptors (Lipinski definition) is 5. The first kappa shape index (κ1) is 29.6. The van der Waals surface area contributed by atoms with Gasteiger partial charge in [-0.1, -0.05) is 25.8 Å². The third-order valence-corrected chi connectivity index (χ3v) is 5.58. The molecule has 0 fully saturated rings. The second-order valence-corrected chi connectivity index (χ2v) is 9.18. The molecule has 7 nitrogen and oxygen atoms in total. The van der Waals surface area contributed by atoms with Crippen molar-refractivity contribution in [1.82, 2.24) is 4.90 Å². The number of hydrogen-bond donors (Lipinski definition) is 2. The monoisotopic (exact) mass is 511 g/mol. The van der Waals surface area contributed by atoms with Gasteiger partial charge in [-0.25, -0.2) is 0 Å². The van der Waals surface area contributed by atoms with Crippen LogP contribution in [-0.2, 0) is 4.79 Å². The zero-order valence-electron chi connectivity index (χ0n) is 23.1. The van der Waals surface area contributed by atoms with E-state index in [1.807, 2.05) is 69.2 Å². The van der Waals surface area contributed by atoms with E-state index in [0.29, 0.717) is 22.6 Å². The van der Waals surface area contributed by atoms with Crippen LogP contribution in [0.25, 0.3) is 0 Å². The van der Waals surface area contributed by atoms with Crippen LogP contribution in [0.2, 0.25) is 0 Å². The molecular formula is C31H37N5O2. The zero-order valence-corrected chi connectivity index (χ0v) is 23.1. The first-order valence-electron chi connectivity index (χ1n) is 12.0. The van der Waals surface area contributed by atoms with Crippen LogP contribution in [0, 0.1) is 0 Å². The third kappa shape index (κ3) is 9.09. The minimum Gasteiger partial charge on any atom is -0.378 e. The van der Waals surface area contributed by atoms with Gasteiger partial charge in [-0.15, -0.1) is 0 Å². The van der Waals surface area contributed by atoms with Crippen LogP contribution in [0.15, 0.2) is 114 Å². The average Bonchev–Trinajstić information content (AvgIpc) is 2.87. The molecule has 2 aromatic rings. The Kier molecular flexibility index (Phi) is 10.6. The van der Waals surface area contributed by atoms with E-state index >= 15 is 0 Å². The van der Waals surface area contributed by atoms with Crippen LogP contribution in [0.1, 0.15) is 24.2 Å². The van der Waals surface area contributed by atoms with Gasteiger partial charge < -0.3 is 20.4 Å². The summed E-state index contributed by atoms with van der Waals surface area (Å²) in [5.41, 5.74) is 5.97. The molecule has 7 heteroatoms. The topological polar surface area (TPSA) is 77.0 Å². The van der Waals surface area contributed by atoms with Crippen molar-refractivity contribution in [3.05, 3.63) is 115 Å². The van der Waals surface area contributed by atoms with Gasteiger partial charge in [0.05, 0.1) is 0 Å². The molecule has 0 unspecified atom stereocenters. The quantitative estimate of drug-likeness (QED) is 0.219. The summed E-state index contributed by atoms with van der Waals surface area (Å²) in [5, 5.41) is 5.66. The minimum atomic E-state index is -0.351. The maximum absolute atomic E-state index is 12.6. The molecule has 0 aliphatic heterocycles. The van der Waals surface area contributed by atoms with Crippen molar-refractivity contribution in [2.75, 3.05) is 43.7 Å². The molecule has 0 bridgehead atoms. The Hall–Kier alpha value is -4.65. The van der Waals surface area contributed by atoms with Crippen molar-refractivity contribution in [2.24, 2.45) is 4.99 Å². The first-order chi connectivity index (χ1) is 17.9. The highest BCUT2D eigenvalue weighted by atomic mass is 16.2. The van der Waals surface area contributed by atoms with E-state index in [4.69, 9.17) is 0 Å². The lowest BCUT2D eigenvalue weighted by molar-refractivity contribution is -0.112. The van der Waals surface area contributed by atoms with Crippen molar-refractivity contribution in [3.8, 4) is 0 Å². The molecule has 0 saturated carbocycles. The van der Waals surface area contributed by atoms with Gasteiger partial charge in [0.25, 0.3) is 11.8 Å². The van der Waals surface area contributed by atoms with Gasteiger partial charge >= 0.3 is 0 Å². The third-order valence-electron chi connectivity index (χ3n) is 5.58. The van der Waals surface area contributed by atoms with Crippen LogP contribution in [0.3, 0.4) is 0 Å². The standard InChI is InChI=1S/C31H37N5O2/c1-21(10-11-24(4)35(6)7)25(5)32-23(3)20-22(2)30(37)33-27-14-16-28(17-15-27)34-31(38)26-12-18-29(19-13-26)36(8)9/h10-20H,1-2,4H2,3,5-9H3,(H,33,37)(H,34,38)/b11-10-,23-20+,32-25+. The number of nitrogens with zero attached hydrogens (tertiary/aromatic N) is 3. The van der Waals surface area contributed by atoms with Crippen molar-refractivity contribution >= 4 is 34.6 Å². The molecule has 38 heavy (non-hydrogen) atoms. The zero-order chi connectivity index (χ0) is 28.4. The van der Waals surface area contributed by atoms with Gasteiger partial charge in [0.15, 0.2) is 0 Å². The predicted octanol–water partition coefficient (Wildman–Crippen LogP) is 6.05. The minimum absolute atomic E-state index is 0.210. The number of carbonyl (C=O) groups is 2. The summed E-state index contributed by atoms with van der Waals surface area (Å²) < 4.78 is 0. The number of amides is 2. The SMILES string of the molecule is C=C(/C=C(C)/N=C(\C)C(=C)/C=C\C(=C)N(C)C)C(=O)Nc1ccc(NC(=O)c2ccc(N(C)C)cc2)cc1. The summed E-state index contributed by atoms with van der Waals surface area (Å²) in [6, 6.07) is 14.2. The Morgan fingerprint density at radius 1 is 0.789 bits per heavy atom. The Morgan fingerprint density at radius 3 is 1.87 bits per heavy atom. The predicted molar refractivity (Wildman–Crippen MR) is 161 cm³/mol. The molecule has 0 spiro atoms. The Labute approximate surface area is 226 Å². The van der Waals surface area contributed by atoms with Crippen molar-refractivity contribution < 1.29 is 9.59 Å². The van der Waals surface area contributed by atoms with Crippen LogP contribution in [0.5, 0.6) is 0 Å². The van der Waals surface area contributed by atoms with Crippen LogP contribution in [-0.4, -0.2) is 50.6 Å². The molecule has 0 aromatic heterocycles. The molecule has 2 amide bonds. The summed E-state index contributed by atoms with van der Waals surface area (Å²) in [6.45, 7) is 15.5. The first-order valence-corrected chi connectivity index (χ1v) is 12.0. The van der Waals surface area contributed by atoms with E-state index in [1.54, 1.807) is 49.4 Å². The van der Waals surface area contributed by atoms with Crippen molar-refractivity contribution in [3.63, 3.8) is 0 Å². The van der Waals surface area contributed by atoms with Gasteiger partial charge in [-0.05, 0) is 80.1 Å². The lowest BCUT2D eigenvalue weighted by Crippen LogP contribution is -2.14. The van der Waals surface area contributed by atoms with E-state index in [2.05, 4.69) is 35.4 Å².